The van der Waals surface area contributed by atoms with Gasteiger partial charge in [0.25, 0.3) is 15.9 Å². The van der Waals surface area contributed by atoms with Gasteiger partial charge in [0, 0.05) is 6.04 Å². The molecule has 0 bridgehead atoms. The summed E-state index contributed by atoms with van der Waals surface area (Å²) in [6.07, 6.45) is 2.84. The van der Waals surface area contributed by atoms with Crippen molar-refractivity contribution >= 4 is 56.6 Å². The zero-order valence-electron chi connectivity index (χ0n) is 14.1. The zero-order valence-corrected chi connectivity index (χ0v) is 17.2. The molecule has 11 heteroatoms. The molecule has 2 N–H and O–H groups in total. The number of fused-ring (bicyclic) bond motifs is 1. The summed E-state index contributed by atoms with van der Waals surface area (Å²) in [5.41, 5.74) is 0.0345. The number of benzene rings is 1. The molecule has 0 aromatic heterocycles. The summed E-state index contributed by atoms with van der Waals surface area (Å²) in [5, 5.41) is 5.57. The molecule has 1 aromatic rings. The Balaban J connectivity index is 1.72. The molecule has 0 unspecified atom stereocenters. The summed E-state index contributed by atoms with van der Waals surface area (Å²) >= 11 is 17.9. The van der Waals surface area contributed by atoms with Crippen molar-refractivity contribution in [2.24, 2.45) is 0 Å². The lowest BCUT2D eigenvalue weighted by Gasteiger charge is -2.30. The van der Waals surface area contributed by atoms with Gasteiger partial charge in [-0.25, -0.2) is 12.7 Å². The molecule has 1 fully saturated rings. The normalized spacial score (nSPS) is 20.6. The molecule has 148 valence electrons. The topological polar surface area (TPSA) is 95.6 Å². The molecule has 1 aliphatic heterocycles. The molecule has 0 spiro atoms. The van der Waals surface area contributed by atoms with E-state index in [1.54, 1.807) is 6.07 Å². The van der Waals surface area contributed by atoms with E-state index in [2.05, 4.69) is 10.6 Å². The minimum atomic E-state index is -4.08. The van der Waals surface area contributed by atoms with Gasteiger partial charge in [-0.3, -0.25) is 14.9 Å². The quantitative estimate of drug-likeness (QED) is 0.525. The summed E-state index contributed by atoms with van der Waals surface area (Å²) in [5.74, 6) is -1.50. The van der Waals surface area contributed by atoms with Crippen LogP contribution in [0.4, 0.5) is 0 Å². The summed E-state index contributed by atoms with van der Waals surface area (Å²) in [6.45, 7) is -0.695. The van der Waals surface area contributed by atoms with Crippen LogP contribution in [-0.4, -0.2) is 47.1 Å². The van der Waals surface area contributed by atoms with Gasteiger partial charge in [-0.1, -0.05) is 59.8 Å². The number of carbonyl (C=O) groups is 2. The van der Waals surface area contributed by atoms with Crippen molar-refractivity contribution in [3.63, 3.8) is 0 Å². The van der Waals surface area contributed by atoms with E-state index in [1.807, 2.05) is 0 Å². The van der Waals surface area contributed by atoms with E-state index < -0.39 is 38.3 Å². The number of carbonyl (C=O) groups excluding carboxylic acids is 2. The number of hydrogen-bond donors (Lipinski definition) is 2. The Hall–Kier alpha value is -1.06. The van der Waals surface area contributed by atoms with Crippen LogP contribution < -0.4 is 10.6 Å². The highest BCUT2D eigenvalue weighted by Gasteiger charge is 2.43. The molecule has 1 aliphatic carbocycles. The number of alkyl halides is 3. The first-order valence-electron chi connectivity index (χ1n) is 8.39. The Bertz CT molecular complexity index is 851. The molecule has 3 rings (SSSR count). The molecule has 7 nitrogen and oxygen atoms in total. The summed E-state index contributed by atoms with van der Waals surface area (Å²) in [6, 6.07) is 5.88. The predicted octanol–water partition coefficient (Wildman–Crippen LogP) is 2.18. The summed E-state index contributed by atoms with van der Waals surface area (Å²) < 4.78 is 23.7. The van der Waals surface area contributed by atoms with E-state index in [-0.39, 0.29) is 16.5 Å². The van der Waals surface area contributed by atoms with E-state index in [1.165, 1.54) is 18.2 Å². The lowest BCUT2D eigenvalue weighted by atomic mass is 10.2. The number of rotatable bonds is 5. The standard InChI is InChI=1S/C16H18Cl3N3O4S/c17-16(18,19)15(20-10-5-1-2-6-10)21-13(23)9-22-14(24)11-7-3-4-8-12(11)27(22,25)26/h3-4,7-8,10,15,20H,1-2,5-6,9H2,(H,21,23)/t15-/m0/s1. The maximum Gasteiger partial charge on any atom is 0.269 e. The highest BCUT2D eigenvalue weighted by atomic mass is 35.6. The van der Waals surface area contributed by atoms with Crippen molar-refractivity contribution in [2.75, 3.05) is 6.54 Å². The maximum absolute atomic E-state index is 12.5. The highest BCUT2D eigenvalue weighted by molar-refractivity contribution is 7.90. The van der Waals surface area contributed by atoms with Crippen LogP contribution in [0.2, 0.25) is 0 Å². The fraction of sp³-hybridized carbons (Fsp3) is 0.500. The first kappa shape index (κ1) is 20.7. The van der Waals surface area contributed by atoms with E-state index in [9.17, 15) is 18.0 Å². The Labute approximate surface area is 172 Å². The molecule has 1 aromatic carbocycles. The molecule has 0 radical (unpaired) electrons. The van der Waals surface area contributed by atoms with Crippen LogP contribution in [0.25, 0.3) is 0 Å². The van der Waals surface area contributed by atoms with Gasteiger partial charge in [-0.05, 0) is 25.0 Å². The third-order valence-electron chi connectivity index (χ3n) is 4.59. The lowest BCUT2D eigenvalue weighted by Crippen LogP contribution is -2.57. The average Bonchev–Trinajstić information content (AvgIpc) is 3.16. The summed E-state index contributed by atoms with van der Waals surface area (Å²) in [7, 11) is -4.08. The molecular weight excluding hydrogens is 437 g/mol. The van der Waals surface area contributed by atoms with Gasteiger partial charge >= 0.3 is 0 Å². The molecular formula is C16H18Cl3N3O4S. The molecule has 2 aliphatic rings. The number of hydrogen-bond acceptors (Lipinski definition) is 5. The smallest absolute Gasteiger partial charge is 0.269 e. The second-order valence-electron chi connectivity index (χ2n) is 6.50. The Morgan fingerprint density at radius 2 is 1.85 bits per heavy atom. The van der Waals surface area contributed by atoms with Crippen molar-refractivity contribution < 1.29 is 18.0 Å². The van der Waals surface area contributed by atoms with Crippen LogP contribution in [0.5, 0.6) is 0 Å². The van der Waals surface area contributed by atoms with Crippen LogP contribution in [0.1, 0.15) is 36.0 Å². The van der Waals surface area contributed by atoms with Crippen molar-refractivity contribution in [3.05, 3.63) is 29.8 Å². The maximum atomic E-state index is 12.5. The Morgan fingerprint density at radius 1 is 1.22 bits per heavy atom. The van der Waals surface area contributed by atoms with E-state index in [4.69, 9.17) is 34.8 Å². The number of nitrogens with one attached hydrogen (secondary N) is 2. The minimum Gasteiger partial charge on any atom is -0.335 e. The lowest BCUT2D eigenvalue weighted by molar-refractivity contribution is -0.122. The number of amides is 2. The first-order valence-corrected chi connectivity index (χ1v) is 11.0. The largest absolute Gasteiger partial charge is 0.335 e. The van der Waals surface area contributed by atoms with Gasteiger partial charge in [0.1, 0.15) is 17.6 Å². The van der Waals surface area contributed by atoms with Gasteiger partial charge < -0.3 is 5.32 Å². The molecule has 1 heterocycles. The third-order valence-corrected chi connectivity index (χ3v) is 7.03. The van der Waals surface area contributed by atoms with Crippen molar-refractivity contribution in [3.8, 4) is 0 Å². The van der Waals surface area contributed by atoms with Crippen LogP contribution >= 0.6 is 34.8 Å². The van der Waals surface area contributed by atoms with Gasteiger partial charge in [0.2, 0.25) is 9.70 Å². The van der Waals surface area contributed by atoms with Gasteiger partial charge in [-0.15, -0.1) is 0 Å². The SMILES string of the molecule is O=C(CN1C(=O)c2ccccc2S1(=O)=O)N[C@H](NC1CCCC1)C(Cl)(Cl)Cl. The second kappa shape index (κ2) is 7.75. The second-order valence-corrected chi connectivity index (χ2v) is 10.7. The van der Waals surface area contributed by atoms with Crippen molar-refractivity contribution in [1.29, 1.82) is 0 Å². The van der Waals surface area contributed by atoms with Crippen LogP contribution in [0, 0.1) is 0 Å². The molecule has 0 saturated heterocycles. The predicted molar refractivity (Wildman–Crippen MR) is 102 cm³/mol. The first-order chi connectivity index (χ1) is 12.6. The van der Waals surface area contributed by atoms with E-state index >= 15 is 0 Å². The van der Waals surface area contributed by atoms with Crippen LogP contribution in [-0.2, 0) is 14.8 Å². The fourth-order valence-corrected chi connectivity index (χ4v) is 5.15. The van der Waals surface area contributed by atoms with Crippen LogP contribution in [0.15, 0.2) is 29.2 Å². The molecule has 2 amide bonds. The van der Waals surface area contributed by atoms with Gasteiger partial charge in [0.05, 0.1) is 5.56 Å². The number of nitrogens with zero attached hydrogens (tertiary/aromatic N) is 1. The Morgan fingerprint density at radius 3 is 2.44 bits per heavy atom. The van der Waals surface area contributed by atoms with E-state index in [0.29, 0.717) is 4.31 Å². The van der Waals surface area contributed by atoms with Crippen LogP contribution in [0.3, 0.4) is 0 Å². The van der Waals surface area contributed by atoms with Gasteiger partial charge in [0.15, 0.2) is 0 Å². The summed E-state index contributed by atoms with van der Waals surface area (Å²) in [4.78, 5) is 24.7. The van der Waals surface area contributed by atoms with Crippen molar-refractivity contribution in [2.45, 2.75) is 46.6 Å². The zero-order chi connectivity index (χ0) is 19.8. The number of sulfonamides is 1. The molecule has 27 heavy (non-hydrogen) atoms. The molecule has 1 atom stereocenters. The highest BCUT2D eigenvalue weighted by Crippen LogP contribution is 2.32. The molecule has 1 saturated carbocycles. The fourth-order valence-electron chi connectivity index (χ4n) is 3.27. The van der Waals surface area contributed by atoms with Crippen molar-refractivity contribution in [1.82, 2.24) is 14.9 Å². The van der Waals surface area contributed by atoms with E-state index in [0.717, 1.165) is 25.7 Å². The number of halogens is 3. The van der Waals surface area contributed by atoms with Gasteiger partial charge in [-0.2, -0.15) is 0 Å². The third kappa shape index (κ3) is 4.35. The monoisotopic (exact) mass is 453 g/mol. The Kier molecular flexibility index (Phi) is 5.93. The minimum absolute atomic E-state index is 0.0345. The average molecular weight is 455 g/mol.